The lowest BCUT2D eigenvalue weighted by molar-refractivity contribution is -0.154. The van der Waals surface area contributed by atoms with E-state index in [1.54, 1.807) is 4.90 Å². The molecule has 1 aromatic carbocycles. The number of hydrogen-bond acceptors (Lipinski definition) is 6. The summed E-state index contributed by atoms with van der Waals surface area (Å²) in [7, 11) is 0. The number of esters is 1. The van der Waals surface area contributed by atoms with Crippen LogP contribution in [-0.4, -0.2) is 74.5 Å². The minimum absolute atomic E-state index is 0.0510. The van der Waals surface area contributed by atoms with Crippen molar-refractivity contribution in [1.29, 1.82) is 0 Å². The van der Waals surface area contributed by atoms with Crippen molar-refractivity contribution in [3.05, 3.63) is 60.2 Å². The van der Waals surface area contributed by atoms with Crippen LogP contribution < -0.4 is 0 Å². The quantitative estimate of drug-likeness (QED) is 0.535. The zero-order chi connectivity index (χ0) is 23.2. The van der Waals surface area contributed by atoms with Crippen LogP contribution in [0.3, 0.4) is 0 Å². The van der Waals surface area contributed by atoms with Crippen molar-refractivity contribution < 1.29 is 24.2 Å². The Morgan fingerprint density at radius 1 is 1.09 bits per heavy atom. The molecular weight excluding hydrogens is 440 g/mol. The molecule has 7 nitrogen and oxygen atoms in total. The Balaban J connectivity index is 1.59. The molecule has 5 atom stereocenters. The second-order valence-corrected chi connectivity index (χ2v) is 11.0. The van der Waals surface area contributed by atoms with E-state index in [2.05, 4.69) is 0 Å². The molecule has 0 saturated carbocycles. The molecule has 1 aromatic rings. The Bertz CT molecular complexity index is 1030. The monoisotopic (exact) mass is 468 g/mol. The van der Waals surface area contributed by atoms with Crippen LogP contribution in [0.4, 0.5) is 0 Å². The fourth-order valence-corrected chi connectivity index (χ4v) is 7.98. The fourth-order valence-electron chi connectivity index (χ4n) is 5.83. The number of rotatable bonds is 4. The van der Waals surface area contributed by atoms with Crippen molar-refractivity contribution >= 4 is 29.5 Å². The number of thioether (sulfide) groups is 1. The molecule has 2 fully saturated rings. The molecule has 0 aliphatic carbocycles. The number of fused-ring (bicyclic) bond motifs is 2. The average molecular weight is 469 g/mol. The lowest BCUT2D eigenvalue weighted by Crippen LogP contribution is -2.53. The third kappa shape index (κ3) is 3.42. The topological polar surface area (TPSA) is 87.1 Å². The summed E-state index contributed by atoms with van der Waals surface area (Å²) in [5.41, 5.74) is 1.00. The number of cyclic esters (lactones) is 1. The van der Waals surface area contributed by atoms with E-state index >= 15 is 0 Å². The van der Waals surface area contributed by atoms with Crippen LogP contribution >= 0.6 is 11.8 Å². The van der Waals surface area contributed by atoms with Gasteiger partial charge in [-0.1, -0.05) is 54.6 Å². The molecule has 0 radical (unpaired) electrons. The number of benzene rings is 1. The summed E-state index contributed by atoms with van der Waals surface area (Å²) in [5.74, 6) is -2.23. The predicted octanol–water partition coefficient (Wildman–Crippen LogP) is 1.77. The lowest BCUT2D eigenvalue weighted by Gasteiger charge is -2.36. The first-order chi connectivity index (χ1) is 15.9. The molecular formula is C25H28N2O5S. The molecule has 2 amide bonds. The van der Waals surface area contributed by atoms with E-state index in [0.717, 1.165) is 5.56 Å². The van der Waals surface area contributed by atoms with Gasteiger partial charge in [0.25, 0.3) is 0 Å². The fraction of sp³-hybridized carbons (Fsp3) is 0.480. The summed E-state index contributed by atoms with van der Waals surface area (Å²) < 4.78 is 3.94. The normalized spacial score (nSPS) is 35.5. The summed E-state index contributed by atoms with van der Waals surface area (Å²) in [5, 5.41) is 9.72. The molecule has 33 heavy (non-hydrogen) atoms. The minimum Gasteiger partial charge on any atom is -0.465 e. The summed E-state index contributed by atoms with van der Waals surface area (Å²) in [6.45, 7) is 2.89. The molecule has 0 bridgehead atoms. The van der Waals surface area contributed by atoms with Crippen molar-refractivity contribution in [2.45, 2.75) is 35.4 Å². The number of likely N-dealkylation sites (tertiary alicyclic amines) is 1. The Morgan fingerprint density at radius 3 is 2.64 bits per heavy atom. The molecule has 5 rings (SSSR count). The van der Waals surface area contributed by atoms with E-state index in [1.165, 1.54) is 16.7 Å². The molecule has 2 saturated heterocycles. The first-order valence-electron chi connectivity index (χ1n) is 11.4. The van der Waals surface area contributed by atoms with Gasteiger partial charge in [-0.15, -0.1) is 11.8 Å². The van der Waals surface area contributed by atoms with Gasteiger partial charge in [-0.25, -0.2) is 0 Å². The zero-order valence-corrected chi connectivity index (χ0v) is 19.4. The number of β-amino-alcohol motifs (C(OH)–C–C–N with tert-alkyl or cyclic N) is 1. The van der Waals surface area contributed by atoms with Crippen molar-refractivity contribution in [3.63, 3.8) is 0 Å². The van der Waals surface area contributed by atoms with E-state index in [4.69, 9.17) is 4.74 Å². The van der Waals surface area contributed by atoms with Crippen molar-refractivity contribution in [2.75, 3.05) is 26.3 Å². The highest BCUT2D eigenvalue weighted by Gasteiger charge is 2.73. The maximum absolute atomic E-state index is 14.0. The number of carbonyl (C=O) groups excluding carboxylic acids is 3. The van der Waals surface area contributed by atoms with Gasteiger partial charge in [0.05, 0.1) is 29.8 Å². The molecule has 1 spiro atoms. The summed E-state index contributed by atoms with van der Waals surface area (Å²) in [6, 6.07) is 8.95. The van der Waals surface area contributed by atoms with Gasteiger partial charge in [-0.05, 0) is 18.9 Å². The Labute approximate surface area is 197 Å². The van der Waals surface area contributed by atoms with Crippen molar-refractivity contribution in [2.24, 2.45) is 11.8 Å². The molecule has 4 aliphatic heterocycles. The van der Waals surface area contributed by atoms with E-state index < -0.39 is 27.4 Å². The molecule has 1 unspecified atom stereocenters. The number of aliphatic hydroxyl groups is 1. The van der Waals surface area contributed by atoms with Crippen LogP contribution in [0.1, 0.15) is 18.9 Å². The van der Waals surface area contributed by atoms with Gasteiger partial charge in [0.2, 0.25) is 11.8 Å². The number of nitrogens with zero attached hydrogens (tertiary/aromatic N) is 2. The highest BCUT2D eigenvalue weighted by atomic mass is 32.2. The van der Waals surface area contributed by atoms with Crippen LogP contribution in [0.25, 0.3) is 0 Å². The molecule has 174 valence electrons. The standard InChI is InChI=1S/C25H28N2O5S/c1-24-10-5-6-15-32-23(31)19(24)18-21(29)27(13-14-28)20-22(30)26(12-7-11-25(18,20)33-24)16-17-8-3-2-4-9-17/h2-5,7-11,18-20,28H,6,12-16H2,1H3/t18-,19+,20?,24-,25-/m0/s1. The molecule has 0 aromatic heterocycles. The van der Waals surface area contributed by atoms with Gasteiger partial charge in [0, 0.05) is 24.4 Å². The highest BCUT2D eigenvalue weighted by molar-refractivity contribution is 8.02. The minimum atomic E-state index is -0.901. The van der Waals surface area contributed by atoms with Crippen LogP contribution in [-0.2, 0) is 25.7 Å². The number of aliphatic hydroxyl groups excluding tert-OH is 1. The molecule has 1 N–H and O–H groups in total. The predicted molar refractivity (Wildman–Crippen MR) is 124 cm³/mol. The second-order valence-electron chi connectivity index (χ2n) is 9.22. The Morgan fingerprint density at radius 2 is 1.88 bits per heavy atom. The second kappa shape index (κ2) is 8.33. The van der Waals surface area contributed by atoms with Gasteiger partial charge < -0.3 is 19.6 Å². The summed E-state index contributed by atoms with van der Waals surface area (Å²) in [4.78, 5) is 44.1. The molecule has 4 aliphatic rings. The Kier molecular flexibility index (Phi) is 5.61. The molecule has 4 heterocycles. The third-order valence-electron chi connectivity index (χ3n) is 7.16. The maximum atomic E-state index is 14.0. The van der Waals surface area contributed by atoms with Crippen molar-refractivity contribution in [1.82, 2.24) is 9.80 Å². The number of hydrogen-bond donors (Lipinski definition) is 1. The van der Waals surface area contributed by atoms with Gasteiger partial charge in [-0.2, -0.15) is 0 Å². The van der Waals surface area contributed by atoms with Gasteiger partial charge in [0.15, 0.2) is 0 Å². The van der Waals surface area contributed by atoms with E-state index in [0.29, 0.717) is 19.5 Å². The van der Waals surface area contributed by atoms with Crippen LogP contribution in [0.2, 0.25) is 0 Å². The number of amides is 2. The largest absolute Gasteiger partial charge is 0.465 e. The lowest BCUT2D eigenvalue weighted by atomic mass is 9.74. The first-order valence-corrected chi connectivity index (χ1v) is 12.2. The average Bonchev–Trinajstić information content (AvgIpc) is 3.11. The van der Waals surface area contributed by atoms with Gasteiger partial charge >= 0.3 is 5.97 Å². The van der Waals surface area contributed by atoms with E-state index in [9.17, 15) is 19.5 Å². The number of ether oxygens (including phenoxy) is 1. The van der Waals surface area contributed by atoms with Crippen LogP contribution in [0.15, 0.2) is 54.6 Å². The smallest absolute Gasteiger partial charge is 0.311 e. The molecule has 8 heteroatoms. The zero-order valence-electron chi connectivity index (χ0n) is 18.6. The van der Waals surface area contributed by atoms with Gasteiger partial charge in [0.1, 0.15) is 6.04 Å². The van der Waals surface area contributed by atoms with Gasteiger partial charge in [-0.3, -0.25) is 14.4 Å². The Hall–Kier alpha value is -2.58. The van der Waals surface area contributed by atoms with E-state index in [1.807, 2.05) is 61.6 Å². The number of carbonyl (C=O) groups is 3. The maximum Gasteiger partial charge on any atom is 0.311 e. The van der Waals surface area contributed by atoms with Crippen molar-refractivity contribution in [3.8, 4) is 0 Å². The summed E-state index contributed by atoms with van der Waals surface area (Å²) in [6.07, 6.45) is 8.57. The SMILES string of the molecule is C[C@]12C=CCCOC(=O)[C@H]1[C@H]1C(=O)N(CCO)C3C(=O)N(Cc4ccccc4)CC=C[C@@]31S2. The highest BCUT2D eigenvalue weighted by Crippen LogP contribution is 2.65. The summed E-state index contributed by atoms with van der Waals surface area (Å²) >= 11 is 1.52. The third-order valence-corrected chi connectivity index (χ3v) is 8.96. The first kappa shape index (κ1) is 22.2. The van der Waals surface area contributed by atoms with Crippen LogP contribution in [0, 0.1) is 11.8 Å². The van der Waals surface area contributed by atoms with E-state index in [-0.39, 0.29) is 37.5 Å². The van der Waals surface area contributed by atoms with Crippen LogP contribution in [0.5, 0.6) is 0 Å².